The lowest BCUT2D eigenvalue weighted by Crippen LogP contribution is -2.41. The Morgan fingerprint density at radius 3 is 2.11 bits per heavy atom. The molecule has 0 radical (unpaired) electrons. The van der Waals surface area contributed by atoms with Crippen LogP contribution in [0.2, 0.25) is 0 Å². The summed E-state index contributed by atoms with van der Waals surface area (Å²) >= 11 is 0. The Hall–Kier alpha value is -1.32. The third kappa shape index (κ3) is 2.92. The predicted molar refractivity (Wildman–Crippen MR) is 67.9 cm³/mol. The Morgan fingerprint density at radius 1 is 1.17 bits per heavy atom. The highest BCUT2D eigenvalue weighted by molar-refractivity contribution is 6.03. The molecule has 1 aliphatic carbocycles. The summed E-state index contributed by atoms with van der Waals surface area (Å²) in [5, 5.41) is 0. The van der Waals surface area contributed by atoms with Crippen LogP contribution in [0.4, 0.5) is 0 Å². The molecule has 0 amide bonds. The molecule has 0 atom stereocenters. The minimum absolute atomic E-state index is 0.265. The molecule has 0 heterocycles. The van der Waals surface area contributed by atoms with Crippen LogP contribution in [-0.4, -0.2) is 25.2 Å². The van der Waals surface area contributed by atoms with Crippen LogP contribution in [-0.2, 0) is 19.1 Å². The van der Waals surface area contributed by atoms with Crippen molar-refractivity contribution >= 4 is 11.9 Å². The molecule has 0 saturated heterocycles. The summed E-state index contributed by atoms with van der Waals surface area (Å²) in [6.07, 6.45) is 5.75. The van der Waals surface area contributed by atoms with Crippen molar-refractivity contribution in [2.24, 2.45) is 5.41 Å². The number of hydrogen-bond donors (Lipinski definition) is 0. The highest BCUT2D eigenvalue weighted by atomic mass is 16.6. The van der Waals surface area contributed by atoms with Gasteiger partial charge in [-0.25, -0.2) is 0 Å². The highest BCUT2D eigenvalue weighted by Gasteiger charge is 2.47. The molecule has 0 bridgehead atoms. The standard InChI is InChI=1S/C14H22O4/c1-4-17-12(15)14(3,13(16)18-5-2)11-9-7-6-8-10-11/h9H,4-8,10H2,1-3H3. The Balaban J connectivity index is 3.03. The summed E-state index contributed by atoms with van der Waals surface area (Å²) in [4.78, 5) is 24.2. The van der Waals surface area contributed by atoms with Crippen molar-refractivity contribution in [3.8, 4) is 0 Å². The first-order chi connectivity index (χ1) is 8.57. The number of ether oxygens (including phenoxy) is 2. The zero-order valence-corrected chi connectivity index (χ0v) is 11.5. The quantitative estimate of drug-likeness (QED) is 0.430. The molecule has 0 aliphatic heterocycles. The van der Waals surface area contributed by atoms with Gasteiger partial charge in [0.25, 0.3) is 0 Å². The summed E-state index contributed by atoms with van der Waals surface area (Å²) < 4.78 is 10.1. The molecule has 0 aromatic rings. The van der Waals surface area contributed by atoms with E-state index in [9.17, 15) is 9.59 Å². The van der Waals surface area contributed by atoms with E-state index in [0.29, 0.717) is 0 Å². The van der Waals surface area contributed by atoms with Gasteiger partial charge in [-0.1, -0.05) is 6.08 Å². The highest BCUT2D eigenvalue weighted by Crippen LogP contribution is 2.36. The van der Waals surface area contributed by atoms with E-state index in [-0.39, 0.29) is 13.2 Å². The first-order valence-electron chi connectivity index (χ1n) is 6.61. The van der Waals surface area contributed by atoms with E-state index in [0.717, 1.165) is 31.3 Å². The lowest BCUT2D eigenvalue weighted by molar-refractivity contribution is -0.167. The van der Waals surface area contributed by atoms with Gasteiger partial charge in [0.15, 0.2) is 5.41 Å². The van der Waals surface area contributed by atoms with E-state index < -0.39 is 17.4 Å². The maximum Gasteiger partial charge on any atom is 0.327 e. The van der Waals surface area contributed by atoms with Gasteiger partial charge in [0.05, 0.1) is 13.2 Å². The van der Waals surface area contributed by atoms with Gasteiger partial charge in [0, 0.05) is 0 Å². The summed E-state index contributed by atoms with van der Waals surface area (Å²) in [7, 11) is 0. The van der Waals surface area contributed by atoms with Crippen LogP contribution in [0, 0.1) is 5.41 Å². The molecule has 18 heavy (non-hydrogen) atoms. The van der Waals surface area contributed by atoms with E-state index in [1.54, 1.807) is 20.8 Å². The van der Waals surface area contributed by atoms with Crippen molar-refractivity contribution < 1.29 is 19.1 Å². The number of allylic oxidation sites excluding steroid dienone is 1. The van der Waals surface area contributed by atoms with Crippen molar-refractivity contribution in [3.05, 3.63) is 11.6 Å². The molecule has 0 N–H and O–H groups in total. The Bertz CT molecular complexity index is 326. The molecule has 0 aromatic carbocycles. The second-order valence-electron chi connectivity index (χ2n) is 4.54. The second kappa shape index (κ2) is 6.57. The van der Waals surface area contributed by atoms with E-state index in [4.69, 9.17) is 9.47 Å². The molecule has 4 nitrogen and oxygen atoms in total. The van der Waals surface area contributed by atoms with Gasteiger partial charge in [-0.05, 0) is 52.0 Å². The summed E-state index contributed by atoms with van der Waals surface area (Å²) in [5.74, 6) is -1.01. The number of rotatable bonds is 5. The lowest BCUT2D eigenvalue weighted by Gasteiger charge is -2.29. The largest absolute Gasteiger partial charge is 0.465 e. The fourth-order valence-corrected chi connectivity index (χ4v) is 2.19. The molecule has 1 rings (SSSR count). The summed E-state index contributed by atoms with van der Waals surface area (Å²) in [6, 6.07) is 0. The van der Waals surface area contributed by atoms with Gasteiger partial charge in [0.1, 0.15) is 0 Å². The third-order valence-corrected chi connectivity index (χ3v) is 3.30. The fraction of sp³-hybridized carbons (Fsp3) is 0.714. The molecule has 0 fully saturated rings. The number of carbonyl (C=O) groups excluding carboxylic acids is 2. The number of esters is 2. The zero-order chi connectivity index (χ0) is 13.6. The van der Waals surface area contributed by atoms with Crippen molar-refractivity contribution in [2.45, 2.75) is 46.5 Å². The van der Waals surface area contributed by atoms with Crippen LogP contribution in [0.5, 0.6) is 0 Å². The van der Waals surface area contributed by atoms with Crippen LogP contribution >= 0.6 is 0 Å². The lowest BCUT2D eigenvalue weighted by atomic mass is 9.77. The fourth-order valence-electron chi connectivity index (χ4n) is 2.19. The Kier molecular flexibility index (Phi) is 5.38. The maximum absolute atomic E-state index is 12.1. The van der Waals surface area contributed by atoms with Gasteiger partial charge in [-0.15, -0.1) is 0 Å². The summed E-state index contributed by atoms with van der Waals surface area (Å²) in [6.45, 7) is 5.61. The maximum atomic E-state index is 12.1. The Morgan fingerprint density at radius 2 is 1.72 bits per heavy atom. The van der Waals surface area contributed by atoms with Crippen molar-refractivity contribution in [3.63, 3.8) is 0 Å². The molecule has 0 aromatic heterocycles. The molecule has 102 valence electrons. The molecule has 0 spiro atoms. The smallest absolute Gasteiger partial charge is 0.327 e. The van der Waals surface area contributed by atoms with Crippen molar-refractivity contribution in [1.82, 2.24) is 0 Å². The summed E-state index contributed by atoms with van der Waals surface area (Å²) in [5.41, 5.74) is -0.433. The molecule has 0 saturated carbocycles. The SMILES string of the molecule is CCOC(=O)C(C)(C(=O)OCC)C1=CCCCC1. The predicted octanol–water partition coefficient (Wildman–Crippen LogP) is 2.62. The van der Waals surface area contributed by atoms with Gasteiger partial charge in [-0.2, -0.15) is 0 Å². The van der Waals surface area contributed by atoms with Gasteiger partial charge in [0.2, 0.25) is 0 Å². The van der Waals surface area contributed by atoms with E-state index in [1.165, 1.54) is 0 Å². The van der Waals surface area contributed by atoms with E-state index >= 15 is 0 Å². The first-order valence-corrected chi connectivity index (χ1v) is 6.61. The minimum Gasteiger partial charge on any atom is -0.465 e. The molecule has 4 heteroatoms. The van der Waals surface area contributed by atoms with Crippen molar-refractivity contribution in [2.75, 3.05) is 13.2 Å². The van der Waals surface area contributed by atoms with Crippen LogP contribution in [0.15, 0.2) is 11.6 Å². The van der Waals surface area contributed by atoms with E-state index in [2.05, 4.69) is 0 Å². The molecule has 0 unspecified atom stereocenters. The van der Waals surface area contributed by atoms with Crippen LogP contribution in [0.25, 0.3) is 0 Å². The average molecular weight is 254 g/mol. The topological polar surface area (TPSA) is 52.6 Å². The van der Waals surface area contributed by atoms with Crippen LogP contribution < -0.4 is 0 Å². The van der Waals surface area contributed by atoms with Gasteiger partial charge < -0.3 is 9.47 Å². The average Bonchev–Trinajstić information content (AvgIpc) is 2.39. The third-order valence-electron chi connectivity index (χ3n) is 3.30. The number of carbonyl (C=O) groups is 2. The molecule has 1 aliphatic rings. The Labute approximate surface area is 108 Å². The molecular formula is C14H22O4. The molecular weight excluding hydrogens is 232 g/mol. The first kappa shape index (κ1) is 14.7. The van der Waals surface area contributed by atoms with Crippen LogP contribution in [0.3, 0.4) is 0 Å². The minimum atomic E-state index is -1.27. The van der Waals surface area contributed by atoms with Gasteiger partial charge in [-0.3, -0.25) is 9.59 Å². The monoisotopic (exact) mass is 254 g/mol. The number of hydrogen-bond acceptors (Lipinski definition) is 4. The zero-order valence-electron chi connectivity index (χ0n) is 11.5. The van der Waals surface area contributed by atoms with Crippen LogP contribution in [0.1, 0.15) is 46.5 Å². The normalized spacial score (nSPS) is 15.8. The van der Waals surface area contributed by atoms with E-state index in [1.807, 2.05) is 6.08 Å². The van der Waals surface area contributed by atoms with Crippen molar-refractivity contribution in [1.29, 1.82) is 0 Å². The van der Waals surface area contributed by atoms with Gasteiger partial charge >= 0.3 is 11.9 Å². The second-order valence-corrected chi connectivity index (χ2v) is 4.54.